The predicted molar refractivity (Wildman–Crippen MR) is 65.1 cm³/mol. The standard InChI is InChI=1S/C13H14N2O/c1-9-6-12(7-13(16)15-9)11-4-2-10(8-14)3-5-11/h2-7H,8,14H2,1H3,(H,15,16). The van der Waals surface area contributed by atoms with Gasteiger partial charge in [-0.15, -0.1) is 0 Å². The van der Waals surface area contributed by atoms with Gasteiger partial charge in [-0.05, 0) is 29.7 Å². The highest BCUT2D eigenvalue weighted by molar-refractivity contribution is 5.63. The van der Waals surface area contributed by atoms with Crippen molar-refractivity contribution in [1.29, 1.82) is 0 Å². The smallest absolute Gasteiger partial charge is 0.248 e. The average Bonchev–Trinajstić information content (AvgIpc) is 2.28. The summed E-state index contributed by atoms with van der Waals surface area (Å²) < 4.78 is 0. The van der Waals surface area contributed by atoms with Crippen molar-refractivity contribution >= 4 is 0 Å². The van der Waals surface area contributed by atoms with Crippen LogP contribution in [0.1, 0.15) is 11.3 Å². The lowest BCUT2D eigenvalue weighted by Crippen LogP contribution is -2.05. The van der Waals surface area contributed by atoms with Gasteiger partial charge in [0.2, 0.25) is 5.56 Å². The quantitative estimate of drug-likeness (QED) is 0.801. The lowest BCUT2D eigenvalue weighted by molar-refractivity contribution is 1.07. The zero-order chi connectivity index (χ0) is 11.5. The largest absolute Gasteiger partial charge is 0.326 e. The molecular formula is C13H14N2O. The third-order valence-corrected chi connectivity index (χ3v) is 2.50. The maximum absolute atomic E-state index is 11.3. The van der Waals surface area contributed by atoms with Gasteiger partial charge in [-0.1, -0.05) is 24.3 Å². The van der Waals surface area contributed by atoms with Gasteiger partial charge in [-0.2, -0.15) is 0 Å². The Kier molecular flexibility index (Phi) is 2.88. The fourth-order valence-electron chi connectivity index (χ4n) is 1.68. The number of H-pyrrole nitrogens is 1. The molecule has 0 saturated heterocycles. The number of pyridine rings is 1. The van der Waals surface area contributed by atoms with Gasteiger partial charge in [0.25, 0.3) is 0 Å². The molecule has 0 unspecified atom stereocenters. The molecule has 0 spiro atoms. The van der Waals surface area contributed by atoms with Crippen LogP contribution in [0.4, 0.5) is 0 Å². The Morgan fingerprint density at radius 3 is 2.38 bits per heavy atom. The van der Waals surface area contributed by atoms with E-state index in [2.05, 4.69) is 4.98 Å². The van der Waals surface area contributed by atoms with E-state index in [9.17, 15) is 4.79 Å². The number of benzene rings is 1. The molecule has 0 fully saturated rings. The number of aromatic nitrogens is 1. The van der Waals surface area contributed by atoms with Crippen LogP contribution in [-0.4, -0.2) is 4.98 Å². The van der Waals surface area contributed by atoms with Crippen LogP contribution >= 0.6 is 0 Å². The van der Waals surface area contributed by atoms with Gasteiger partial charge in [0, 0.05) is 18.3 Å². The van der Waals surface area contributed by atoms with Gasteiger partial charge in [0.1, 0.15) is 0 Å². The van der Waals surface area contributed by atoms with Crippen molar-refractivity contribution < 1.29 is 0 Å². The Bertz CT molecular complexity index is 541. The molecule has 0 atom stereocenters. The number of rotatable bonds is 2. The molecule has 0 amide bonds. The van der Waals surface area contributed by atoms with Gasteiger partial charge in [0.05, 0.1) is 0 Å². The van der Waals surface area contributed by atoms with Crippen LogP contribution in [0.25, 0.3) is 11.1 Å². The number of aromatic amines is 1. The highest BCUT2D eigenvalue weighted by Crippen LogP contribution is 2.18. The van der Waals surface area contributed by atoms with Crippen LogP contribution in [0, 0.1) is 6.92 Å². The number of hydrogen-bond acceptors (Lipinski definition) is 2. The van der Waals surface area contributed by atoms with Crippen molar-refractivity contribution in [3.63, 3.8) is 0 Å². The van der Waals surface area contributed by atoms with E-state index in [-0.39, 0.29) is 5.56 Å². The monoisotopic (exact) mass is 214 g/mol. The van der Waals surface area contributed by atoms with E-state index in [1.54, 1.807) is 6.07 Å². The Morgan fingerprint density at radius 1 is 1.12 bits per heavy atom. The fraction of sp³-hybridized carbons (Fsp3) is 0.154. The molecule has 0 aliphatic carbocycles. The molecule has 3 heteroatoms. The first kappa shape index (κ1) is 10.6. The minimum atomic E-state index is -0.0714. The third kappa shape index (κ3) is 2.20. The molecule has 2 aromatic rings. The molecule has 2 rings (SSSR count). The molecule has 1 aromatic carbocycles. The van der Waals surface area contributed by atoms with E-state index in [1.165, 1.54) is 0 Å². The maximum atomic E-state index is 11.3. The number of hydrogen-bond donors (Lipinski definition) is 2. The SMILES string of the molecule is Cc1cc(-c2ccc(CN)cc2)cc(=O)[nH]1. The molecule has 0 radical (unpaired) electrons. The van der Waals surface area contributed by atoms with Gasteiger partial charge < -0.3 is 10.7 Å². The van der Waals surface area contributed by atoms with Crippen molar-refractivity contribution in [2.24, 2.45) is 5.73 Å². The molecular weight excluding hydrogens is 200 g/mol. The topological polar surface area (TPSA) is 58.9 Å². The molecule has 3 nitrogen and oxygen atoms in total. The molecule has 0 aliphatic heterocycles. The van der Waals surface area contributed by atoms with Gasteiger partial charge in [-0.25, -0.2) is 0 Å². The lowest BCUT2D eigenvalue weighted by atomic mass is 10.0. The number of nitrogens with one attached hydrogen (secondary N) is 1. The Balaban J connectivity index is 2.46. The molecule has 1 aromatic heterocycles. The lowest BCUT2D eigenvalue weighted by Gasteiger charge is -2.03. The summed E-state index contributed by atoms with van der Waals surface area (Å²) in [7, 11) is 0. The van der Waals surface area contributed by atoms with E-state index in [1.807, 2.05) is 37.3 Å². The minimum Gasteiger partial charge on any atom is -0.326 e. The molecule has 0 aliphatic rings. The summed E-state index contributed by atoms with van der Waals surface area (Å²) >= 11 is 0. The predicted octanol–water partition coefficient (Wildman–Crippen LogP) is 1.81. The molecule has 0 saturated carbocycles. The van der Waals surface area contributed by atoms with Gasteiger partial charge >= 0.3 is 0 Å². The second-order valence-electron chi connectivity index (χ2n) is 3.82. The van der Waals surface area contributed by atoms with E-state index < -0.39 is 0 Å². The molecule has 3 N–H and O–H groups in total. The zero-order valence-corrected chi connectivity index (χ0v) is 9.16. The highest BCUT2D eigenvalue weighted by atomic mass is 16.1. The van der Waals surface area contributed by atoms with Crippen LogP contribution in [0.15, 0.2) is 41.2 Å². The number of nitrogens with two attached hydrogens (primary N) is 1. The van der Waals surface area contributed by atoms with Crippen LogP contribution in [0.5, 0.6) is 0 Å². The summed E-state index contributed by atoms with van der Waals surface area (Å²) in [6.45, 7) is 2.41. The summed E-state index contributed by atoms with van der Waals surface area (Å²) in [5.74, 6) is 0. The second kappa shape index (κ2) is 4.33. The van der Waals surface area contributed by atoms with Gasteiger partial charge in [-0.3, -0.25) is 4.79 Å². The summed E-state index contributed by atoms with van der Waals surface area (Å²) in [5, 5.41) is 0. The van der Waals surface area contributed by atoms with Crippen molar-refractivity contribution in [3.05, 3.63) is 58.0 Å². The first-order valence-electron chi connectivity index (χ1n) is 5.19. The average molecular weight is 214 g/mol. The van der Waals surface area contributed by atoms with E-state index in [0.717, 1.165) is 22.4 Å². The zero-order valence-electron chi connectivity index (χ0n) is 9.16. The maximum Gasteiger partial charge on any atom is 0.248 e. The molecule has 82 valence electrons. The van der Waals surface area contributed by atoms with Crippen molar-refractivity contribution in [3.8, 4) is 11.1 Å². The number of aryl methyl sites for hydroxylation is 1. The van der Waals surface area contributed by atoms with Crippen molar-refractivity contribution in [1.82, 2.24) is 4.98 Å². The van der Waals surface area contributed by atoms with Crippen molar-refractivity contribution in [2.75, 3.05) is 0 Å². The van der Waals surface area contributed by atoms with E-state index >= 15 is 0 Å². The summed E-state index contributed by atoms with van der Waals surface area (Å²) in [6.07, 6.45) is 0. The van der Waals surface area contributed by atoms with E-state index in [4.69, 9.17) is 5.73 Å². The van der Waals surface area contributed by atoms with Crippen LogP contribution in [-0.2, 0) is 6.54 Å². The van der Waals surface area contributed by atoms with Crippen LogP contribution in [0.3, 0.4) is 0 Å². The van der Waals surface area contributed by atoms with Crippen LogP contribution in [0.2, 0.25) is 0 Å². The van der Waals surface area contributed by atoms with Crippen molar-refractivity contribution in [2.45, 2.75) is 13.5 Å². The summed E-state index contributed by atoms with van der Waals surface area (Å²) in [4.78, 5) is 14.1. The summed E-state index contributed by atoms with van der Waals surface area (Å²) in [5.41, 5.74) is 9.38. The molecule has 0 bridgehead atoms. The van der Waals surface area contributed by atoms with Gasteiger partial charge in [0.15, 0.2) is 0 Å². The Morgan fingerprint density at radius 2 is 1.81 bits per heavy atom. The fourth-order valence-corrected chi connectivity index (χ4v) is 1.68. The van der Waals surface area contributed by atoms with Crippen LogP contribution < -0.4 is 11.3 Å². The first-order valence-corrected chi connectivity index (χ1v) is 5.19. The Hall–Kier alpha value is -1.87. The highest BCUT2D eigenvalue weighted by Gasteiger charge is 1.99. The molecule has 1 heterocycles. The minimum absolute atomic E-state index is 0.0714. The first-order chi connectivity index (χ1) is 7.69. The summed E-state index contributed by atoms with van der Waals surface area (Å²) in [6, 6.07) is 11.5. The second-order valence-corrected chi connectivity index (χ2v) is 3.82. The molecule has 16 heavy (non-hydrogen) atoms. The third-order valence-electron chi connectivity index (χ3n) is 2.50. The Labute approximate surface area is 93.9 Å². The normalized spacial score (nSPS) is 10.4. The van der Waals surface area contributed by atoms with E-state index in [0.29, 0.717) is 6.54 Å².